The van der Waals surface area contributed by atoms with Gasteiger partial charge in [0.05, 0.1) is 0 Å². The number of amides is 2. The number of unbranched alkanes of at least 4 members (excludes halogenated alkanes) is 1. The molecule has 2 heterocycles. The van der Waals surface area contributed by atoms with Gasteiger partial charge in [0.15, 0.2) is 0 Å². The summed E-state index contributed by atoms with van der Waals surface area (Å²) in [4.78, 5) is 37.5. The van der Waals surface area contributed by atoms with Crippen LogP contribution in [0.5, 0.6) is 0 Å². The van der Waals surface area contributed by atoms with Crippen molar-refractivity contribution in [3.8, 4) is 0 Å². The third-order valence-corrected chi connectivity index (χ3v) is 8.04. The molecule has 2 atom stereocenters. The number of aromatic nitrogens is 2. The summed E-state index contributed by atoms with van der Waals surface area (Å²) < 4.78 is 0. The Kier molecular flexibility index (Phi) is 6.62. The Morgan fingerprint density at radius 3 is 2.20 bits per heavy atom. The second-order valence-corrected chi connectivity index (χ2v) is 11.4. The fourth-order valence-corrected chi connectivity index (χ4v) is 7.14. The smallest absolute Gasteiger partial charge is 0.270 e. The number of carbonyl (C=O) groups is 2. The molecule has 6 rings (SSSR count). The second-order valence-electron chi connectivity index (χ2n) is 11.4. The molecule has 2 aromatic heterocycles. The highest BCUT2D eigenvalue weighted by molar-refractivity contribution is 5.93. The molecule has 0 spiro atoms. The maximum absolute atomic E-state index is 13.4. The molecule has 7 heteroatoms. The Hall–Kier alpha value is -2.80. The van der Waals surface area contributed by atoms with E-state index >= 15 is 0 Å². The highest BCUT2D eigenvalue weighted by Crippen LogP contribution is 2.57. The van der Waals surface area contributed by atoms with E-state index in [4.69, 9.17) is 0 Å². The summed E-state index contributed by atoms with van der Waals surface area (Å²) >= 11 is 0. The molecule has 4 aliphatic carbocycles. The summed E-state index contributed by atoms with van der Waals surface area (Å²) in [6, 6.07) is 11.2. The molecular formula is C28H37N5O2. The summed E-state index contributed by atoms with van der Waals surface area (Å²) in [7, 11) is 4.17. The van der Waals surface area contributed by atoms with E-state index in [1.165, 1.54) is 6.42 Å². The van der Waals surface area contributed by atoms with Crippen LogP contribution < -0.4 is 10.6 Å². The number of nitrogens with one attached hydrogen (secondary N) is 2. The van der Waals surface area contributed by atoms with Crippen LogP contribution in [0.1, 0.15) is 78.0 Å². The van der Waals surface area contributed by atoms with Crippen LogP contribution in [-0.2, 0) is 6.42 Å². The van der Waals surface area contributed by atoms with Gasteiger partial charge in [-0.2, -0.15) is 0 Å². The van der Waals surface area contributed by atoms with E-state index in [9.17, 15) is 9.59 Å². The van der Waals surface area contributed by atoms with E-state index in [0.717, 1.165) is 63.6 Å². The topological polar surface area (TPSA) is 87.2 Å². The van der Waals surface area contributed by atoms with Gasteiger partial charge in [0, 0.05) is 23.0 Å². The number of pyridine rings is 2. The van der Waals surface area contributed by atoms with Crippen LogP contribution in [0.2, 0.25) is 0 Å². The Bertz CT molecular complexity index is 1060. The predicted octanol–water partition coefficient (Wildman–Crippen LogP) is 3.61. The molecule has 7 nitrogen and oxygen atoms in total. The molecule has 2 amide bonds. The van der Waals surface area contributed by atoms with E-state index in [-0.39, 0.29) is 22.9 Å². The first-order valence-corrected chi connectivity index (χ1v) is 13.0. The van der Waals surface area contributed by atoms with Crippen LogP contribution in [0.15, 0.2) is 42.6 Å². The zero-order valence-corrected chi connectivity index (χ0v) is 20.9. The maximum atomic E-state index is 13.4. The summed E-state index contributed by atoms with van der Waals surface area (Å²) in [5.74, 6) is 0.846. The second kappa shape index (κ2) is 9.69. The van der Waals surface area contributed by atoms with Crippen molar-refractivity contribution >= 4 is 11.8 Å². The van der Waals surface area contributed by atoms with Gasteiger partial charge < -0.3 is 15.5 Å². The number of hydrogen-bond donors (Lipinski definition) is 2. The molecule has 35 heavy (non-hydrogen) atoms. The number of aryl methyl sites for hydroxylation is 1. The van der Waals surface area contributed by atoms with Crippen LogP contribution in [0.25, 0.3) is 0 Å². The third kappa shape index (κ3) is 5.40. The van der Waals surface area contributed by atoms with Crippen LogP contribution in [0.3, 0.4) is 0 Å². The molecule has 4 bridgehead atoms. The van der Waals surface area contributed by atoms with Gasteiger partial charge in [0.2, 0.25) is 0 Å². The molecule has 2 aromatic rings. The van der Waals surface area contributed by atoms with Crippen LogP contribution >= 0.6 is 0 Å². The first-order valence-electron chi connectivity index (χ1n) is 13.0. The molecule has 0 saturated heterocycles. The van der Waals surface area contributed by atoms with Gasteiger partial charge in [-0.25, -0.2) is 4.98 Å². The van der Waals surface area contributed by atoms with Gasteiger partial charge in [-0.3, -0.25) is 14.6 Å². The molecule has 0 aliphatic heterocycles. The summed E-state index contributed by atoms with van der Waals surface area (Å²) in [5, 5.41) is 6.77. The van der Waals surface area contributed by atoms with Crippen LogP contribution in [-0.4, -0.2) is 58.4 Å². The van der Waals surface area contributed by atoms with Crippen molar-refractivity contribution in [2.45, 2.75) is 68.9 Å². The van der Waals surface area contributed by atoms with E-state index < -0.39 is 0 Å². The molecule has 0 aromatic carbocycles. The van der Waals surface area contributed by atoms with Crippen molar-refractivity contribution in [3.05, 3.63) is 59.7 Å². The highest BCUT2D eigenvalue weighted by Gasteiger charge is 2.58. The molecule has 0 radical (unpaired) electrons. The lowest BCUT2D eigenvalue weighted by Crippen LogP contribution is -2.70. The van der Waals surface area contributed by atoms with E-state index in [1.807, 2.05) is 30.3 Å². The Morgan fingerprint density at radius 1 is 0.914 bits per heavy atom. The van der Waals surface area contributed by atoms with Gasteiger partial charge in [-0.05, 0) is 115 Å². The van der Waals surface area contributed by atoms with Crippen molar-refractivity contribution in [1.82, 2.24) is 25.5 Å². The molecule has 2 N–H and O–H groups in total. The van der Waals surface area contributed by atoms with Gasteiger partial charge >= 0.3 is 0 Å². The van der Waals surface area contributed by atoms with Gasteiger partial charge in [0.25, 0.3) is 11.8 Å². The Balaban J connectivity index is 1.27. The quantitative estimate of drug-likeness (QED) is 0.541. The highest BCUT2D eigenvalue weighted by atomic mass is 16.2. The Morgan fingerprint density at radius 2 is 1.57 bits per heavy atom. The zero-order valence-electron chi connectivity index (χ0n) is 20.9. The minimum atomic E-state index is -0.276. The Labute approximate surface area is 208 Å². The molecular weight excluding hydrogens is 438 g/mol. The monoisotopic (exact) mass is 475 g/mol. The molecule has 4 saturated carbocycles. The SMILES string of the molecule is CN(C)CCCCc1cccc(C(=O)NC23CC4CC(CC(NC(=O)c5ccccn5)(C4)C2)C3)n1. The number of hydrogen-bond acceptors (Lipinski definition) is 5. The summed E-state index contributed by atoms with van der Waals surface area (Å²) in [6.45, 7) is 1.06. The molecule has 4 fully saturated rings. The molecule has 2 unspecified atom stereocenters. The fourth-order valence-electron chi connectivity index (χ4n) is 7.14. The normalized spacial score (nSPS) is 28.8. The largest absolute Gasteiger partial charge is 0.345 e. The minimum Gasteiger partial charge on any atom is -0.345 e. The van der Waals surface area contributed by atoms with Crippen molar-refractivity contribution in [1.29, 1.82) is 0 Å². The summed E-state index contributed by atoms with van der Waals surface area (Å²) in [5.41, 5.74) is 1.38. The van der Waals surface area contributed by atoms with Crippen molar-refractivity contribution in [3.63, 3.8) is 0 Å². The minimum absolute atomic E-state index is 0.0895. The number of nitrogens with zero attached hydrogens (tertiary/aromatic N) is 3. The lowest BCUT2D eigenvalue weighted by Gasteiger charge is -2.62. The number of rotatable bonds is 9. The maximum Gasteiger partial charge on any atom is 0.270 e. The third-order valence-electron chi connectivity index (χ3n) is 8.04. The van der Waals surface area contributed by atoms with E-state index in [1.54, 1.807) is 12.3 Å². The van der Waals surface area contributed by atoms with Gasteiger partial charge in [-0.15, -0.1) is 0 Å². The summed E-state index contributed by atoms with van der Waals surface area (Å²) in [6.07, 6.45) is 10.6. The molecule has 186 valence electrons. The first kappa shape index (κ1) is 23.9. The number of carbonyl (C=O) groups excluding carboxylic acids is 2. The predicted molar refractivity (Wildman–Crippen MR) is 135 cm³/mol. The average molecular weight is 476 g/mol. The lowest BCUT2D eigenvalue weighted by molar-refractivity contribution is -0.0449. The first-order chi connectivity index (χ1) is 16.8. The standard InChI is InChI=1S/C28H37N5O2/c1-33(2)13-6-4-8-22-9-7-11-24(30-22)26(35)32-28-17-20-14-21(18-28)16-27(15-20,19-28)31-25(34)23-10-3-5-12-29-23/h3,5,7,9-12,20-21H,4,6,8,13-19H2,1-2H3,(H,31,34)(H,32,35). The van der Waals surface area contributed by atoms with Gasteiger partial charge in [0.1, 0.15) is 11.4 Å². The van der Waals surface area contributed by atoms with Crippen molar-refractivity contribution < 1.29 is 9.59 Å². The van der Waals surface area contributed by atoms with Crippen molar-refractivity contribution in [2.24, 2.45) is 11.8 Å². The van der Waals surface area contributed by atoms with Crippen molar-refractivity contribution in [2.75, 3.05) is 20.6 Å². The average Bonchev–Trinajstić information content (AvgIpc) is 2.81. The molecule has 4 aliphatic rings. The lowest BCUT2D eigenvalue weighted by atomic mass is 9.49. The fraction of sp³-hybridized carbons (Fsp3) is 0.571. The van der Waals surface area contributed by atoms with Gasteiger partial charge in [-0.1, -0.05) is 12.1 Å². The van der Waals surface area contributed by atoms with Crippen LogP contribution in [0, 0.1) is 11.8 Å². The van der Waals surface area contributed by atoms with E-state index in [2.05, 4.69) is 39.6 Å². The van der Waals surface area contributed by atoms with Crippen LogP contribution in [0.4, 0.5) is 0 Å². The zero-order chi connectivity index (χ0) is 24.5. The van der Waals surface area contributed by atoms with E-state index in [0.29, 0.717) is 23.2 Å².